The summed E-state index contributed by atoms with van der Waals surface area (Å²) < 4.78 is 5.76. The van der Waals surface area contributed by atoms with Gasteiger partial charge in [-0.25, -0.2) is 0 Å². The third-order valence-electron chi connectivity index (χ3n) is 3.79. The molecule has 2 heterocycles. The van der Waals surface area contributed by atoms with Gasteiger partial charge in [-0.2, -0.15) is 4.99 Å². The molecule has 0 unspecified atom stereocenters. The van der Waals surface area contributed by atoms with Crippen molar-refractivity contribution in [3.8, 4) is 5.75 Å². The minimum atomic E-state index is -0.0986. The number of para-hydroxylation sites is 3. The second-order valence-electron chi connectivity index (χ2n) is 5.19. The van der Waals surface area contributed by atoms with Crippen LogP contribution in [0.2, 0.25) is 0 Å². The number of anilines is 2. The summed E-state index contributed by atoms with van der Waals surface area (Å²) in [5.74, 6) is 1.46. The molecule has 0 spiro atoms. The molecular formula is C17H15N3O2. The molecule has 2 aromatic rings. The second-order valence-corrected chi connectivity index (χ2v) is 5.19. The molecular weight excluding hydrogens is 278 g/mol. The van der Waals surface area contributed by atoms with Gasteiger partial charge in [0.25, 0.3) is 5.91 Å². The van der Waals surface area contributed by atoms with E-state index in [4.69, 9.17) is 4.74 Å². The molecule has 0 saturated carbocycles. The van der Waals surface area contributed by atoms with Crippen LogP contribution in [-0.2, 0) is 4.79 Å². The van der Waals surface area contributed by atoms with E-state index in [0.29, 0.717) is 25.7 Å². The van der Waals surface area contributed by atoms with Crippen LogP contribution in [0.1, 0.15) is 0 Å². The van der Waals surface area contributed by atoms with Crippen LogP contribution in [0.3, 0.4) is 0 Å². The summed E-state index contributed by atoms with van der Waals surface area (Å²) in [5.41, 5.74) is 2.11. The predicted octanol–water partition coefficient (Wildman–Crippen LogP) is 2.29. The molecule has 0 aliphatic carbocycles. The summed E-state index contributed by atoms with van der Waals surface area (Å²) in [7, 11) is 0. The number of rotatable bonds is 4. The number of benzene rings is 2. The molecule has 110 valence electrons. The number of nitrogens with zero attached hydrogens (tertiary/aromatic N) is 3. The van der Waals surface area contributed by atoms with Crippen molar-refractivity contribution >= 4 is 23.2 Å². The van der Waals surface area contributed by atoms with E-state index in [1.165, 1.54) is 0 Å². The molecule has 5 nitrogen and oxygen atoms in total. The topological polar surface area (TPSA) is 45.1 Å². The van der Waals surface area contributed by atoms with Crippen LogP contribution in [0, 0.1) is 0 Å². The lowest BCUT2D eigenvalue weighted by atomic mass is 10.2. The molecule has 0 bridgehead atoms. The normalized spacial score (nSPS) is 15.6. The van der Waals surface area contributed by atoms with Gasteiger partial charge < -0.3 is 14.5 Å². The van der Waals surface area contributed by atoms with Crippen molar-refractivity contribution in [3.05, 3.63) is 54.6 Å². The van der Waals surface area contributed by atoms with Crippen molar-refractivity contribution in [2.45, 2.75) is 0 Å². The van der Waals surface area contributed by atoms with E-state index in [1.54, 1.807) is 0 Å². The molecule has 0 radical (unpaired) electrons. The van der Waals surface area contributed by atoms with Crippen molar-refractivity contribution in [3.63, 3.8) is 0 Å². The van der Waals surface area contributed by atoms with Gasteiger partial charge >= 0.3 is 0 Å². The Morgan fingerprint density at radius 1 is 1.00 bits per heavy atom. The third kappa shape index (κ3) is 2.11. The minimum absolute atomic E-state index is 0.0986. The van der Waals surface area contributed by atoms with Gasteiger partial charge in [0.1, 0.15) is 18.9 Å². The minimum Gasteiger partial charge on any atom is -0.492 e. The molecule has 22 heavy (non-hydrogen) atoms. The van der Waals surface area contributed by atoms with E-state index < -0.39 is 0 Å². The first-order valence-corrected chi connectivity index (χ1v) is 7.26. The number of guanidine groups is 1. The van der Waals surface area contributed by atoms with Crippen molar-refractivity contribution in [1.29, 1.82) is 0 Å². The Bertz CT molecular complexity index is 743. The van der Waals surface area contributed by atoms with E-state index in [2.05, 4.69) is 4.99 Å². The number of hydrogen-bond acceptors (Lipinski definition) is 4. The van der Waals surface area contributed by atoms with Gasteiger partial charge in [-0.3, -0.25) is 4.79 Å². The maximum atomic E-state index is 11.6. The molecule has 0 fully saturated rings. The molecule has 0 saturated heterocycles. The Kier molecular flexibility index (Phi) is 3.04. The van der Waals surface area contributed by atoms with E-state index >= 15 is 0 Å². The van der Waals surface area contributed by atoms with Gasteiger partial charge in [0.15, 0.2) is 0 Å². The highest BCUT2D eigenvalue weighted by molar-refractivity contribution is 6.24. The zero-order valence-corrected chi connectivity index (χ0v) is 12.0. The van der Waals surface area contributed by atoms with Crippen molar-refractivity contribution in [1.82, 2.24) is 0 Å². The van der Waals surface area contributed by atoms with Gasteiger partial charge in [0.2, 0.25) is 5.96 Å². The molecule has 0 atom stereocenters. The Morgan fingerprint density at radius 2 is 1.73 bits per heavy atom. The monoisotopic (exact) mass is 293 g/mol. The highest BCUT2D eigenvalue weighted by atomic mass is 16.5. The molecule has 2 aromatic carbocycles. The summed E-state index contributed by atoms with van der Waals surface area (Å²) in [4.78, 5) is 19.8. The number of hydrogen-bond donors (Lipinski definition) is 0. The fourth-order valence-corrected chi connectivity index (χ4v) is 2.83. The third-order valence-corrected chi connectivity index (χ3v) is 3.79. The van der Waals surface area contributed by atoms with Crippen LogP contribution in [0.15, 0.2) is 59.6 Å². The zero-order chi connectivity index (χ0) is 14.9. The number of amides is 1. The van der Waals surface area contributed by atoms with Gasteiger partial charge in [-0.05, 0) is 24.3 Å². The zero-order valence-electron chi connectivity index (χ0n) is 12.0. The predicted molar refractivity (Wildman–Crippen MR) is 85.5 cm³/mol. The lowest BCUT2D eigenvalue weighted by Gasteiger charge is -2.19. The molecule has 2 aliphatic rings. The Hall–Kier alpha value is -2.82. The number of carbonyl (C=O) groups is 1. The summed E-state index contributed by atoms with van der Waals surface area (Å²) >= 11 is 0. The van der Waals surface area contributed by atoms with Gasteiger partial charge in [0, 0.05) is 0 Å². The molecule has 5 heteroatoms. The van der Waals surface area contributed by atoms with Crippen LogP contribution < -0.4 is 14.5 Å². The first-order chi connectivity index (χ1) is 10.8. The van der Waals surface area contributed by atoms with Crippen LogP contribution in [0.5, 0.6) is 5.75 Å². The average molecular weight is 293 g/mol. The SMILES string of the molecule is O=C1CN2C(=N1)N(CCOc1ccccc1)c1ccccc12. The summed E-state index contributed by atoms with van der Waals surface area (Å²) in [5, 5.41) is 0. The molecule has 4 rings (SSSR count). The van der Waals surface area contributed by atoms with Crippen molar-refractivity contribution in [2.24, 2.45) is 4.99 Å². The molecule has 2 aliphatic heterocycles. The highest BCUT2D eigenvalue weighted by Gasteiger charge is 2.37. The first kappa shape index (κ1) is 12.9. The standard InChI is InChI=1S/C17H15N3O2/c21-16-12-20-15-9-5-4-8-14(15)19(17(20)18-16)10-11-22-13-6-2-1-3-7-13/h1-9H,10-12H2. The molecule has 0 N–H and O–H groups in total. The summed E-state index contributed by atoms with van der Waals surface area (Å²) in [6, 6.07) is 17.7. The number of carbonyl (C=O) groups excluding carboxylic acids is 1. The maximum Gasteiger partial charge on any atom is 0.268 e. The van der Waals surface area contributed by atoms with Crippen molar-refractivity contribution < 1.29 is 9.53 Å². The van der Waals surface area contributed by atoms with Crippen molar-refractivity contribution in [2.75, 3.05) is 29.5 Å². The van der Waals surface area contributed by atoms with Gasteiger partial charge in [-0.15, -0.1) is 0 Å². The Balaban J connectivity index is 1.53. The van der Waals surface area contributed by atoms with Crippen LogP contribution in [0.4, 0.5) is 11.4 Å². The Morgan fingerprint density at radius 3 is 2.55 bits per heavy atom. The van der Waals surface area contributed by atoms with Crippen LogP contribution >= 0.6 is 0 Å². The summed E-state index contributed by atoms with van der Waals surface area (Å²) in [6.07, 6.45) is 0. The highest BCUT2D eigenvalue weighted by Crippen LogP contribution is 2.38. The van der Waals surface area contributed by atoms with E-state index in [9.17, 15) is 4.79 Å². The maximum absolute atomic E-state index is 11.6. The number of aliphatic imine (C=N–C) groups is 1. The lowest BCUT2D eigenvalue weighted by Crippen LogP contribution is -2.37. The largest absolute Gasteiger partial charge is 0.492 e. The number of fused-ring (bicyclic) bond motifs is 3. The van der Waals surface area contributed by atoms with Crippen LogP contribution in [0.25, 0.3) is 0 Å². The van der Waals surface area contributed by atoms with E-state index in [-0.39, 0.29) is 5.91 Å². The Labute approximate surface area is 128 Å². The van der Waals surface area contributed by atoms with E-state index in [1.807, 2.05) is 64.4 Å². The fraction of sp³-hybridized carbons (Fsp3) is 0.176. The van der Waals surface area contributed by atoms with Gasteiger partial charge in [0.05, 0.1) is 17.9 Å². The number of ether oxygens (including phenoxy) is 1. The first-order valence-electron chi connectivity index (χ1n) is 7.26. The smallest absolute Gasteiger partial charge is 0.268 e. The van der Waals surface area contributed by atoms with E-state index in [0.717, 1.165) is 17.1 Å². The molecule has 0 aromatic heterocycles. The quantitative estimate of drug-likeness (QED) is 0.867. The van der Waals surface area contributed by atoms with Crippen LogP contribution in [-0.4, -0.2) is 31.6 Å². The fourth-order valence-electron chi connectivity index (χ4n) is 2.83. The summed E-state index contributed by atoms with van der Waals surface area (Å²) in [6.45, 7) is 1.50. The van der Waals surface area contributed by atoms with Gasteiger partial charge in [-0.1, -0.05) is 30.3 Å². The molecule has 1 amide bonds. The lowest BCUT2D eigenvalue weighted by molar-refractivity contribution is -0.115. The average Bonchev–Trinajstić information content (AvgIpc) is 3.05. The second kappa shape index (κ2) is 5.18.